The third-order valence-electron chi connectivity index (χ3n) is 3.65. The summed E-state index contributed by atoms with van der Waals surface area (Å²) in [5, 5.41) is 11.9. The van der Waals surface area contributed by atoms with E-state index in [0.717, 1.165) is 11.5 Å². The molecule has 18 heavy (non-hydrogen) atoms. The highest BCUT2D eigenvalue weighted by atomic mass is 32.1. The van der Waals surface area contributed by atoms with Gasteiger partial charge in [0.1, 0.15) is 0 Å². The van der Waals surface area contributed by atoms with Gasteiger partial charge >= 0.3 is 0 Å². The molecule has 1 aliphatic rings. The highest BCUT2D eigenvalue weighted by molar-refractivity contribution is 7.11. The van der Waals surface area contributed by atoms with Crippen molar-refractivity contribution in [1.82, 2.24) is 0 Å². The molecule has 0 aromatic carbocycles. The van der Waals surface area contributed by atoms with Gasteiger partial charge in [-0.1, -0.05) is 25.3 Å². The van der Waals surface area contributed by atoms with E-state index in [4.69, 9.17) is 5.73 Å². The summed E-state index contributed by atoms with van der Waals surface area (Å²) in [6, 6.07) is 2.09. The average Bonchev–Trinajstić information content (AvgIpc) is 2.87. The second kappa shape index (κ2) is 7.07. The molecule has 3 heteroatoms. The summed E-state index contributed by atoms with van der Waals surface area (Å²) in [4.78, 5) is 1.24. The minimum atomic E-state index is -0.400. The van der Waals surface area contributed by atoms with E-state index >= 15 is 0 Å². The van der Waals surface area contributed by atoms with Crippen molar-refractivity contribution in [1.29, 1.82) is 0 Å². The van der Waals surface area contributed by atoms with Crippen LogP contribution in [0.3, 0.4) is 0 Å². The number of rotatable bonds is 5. The molecule has 0 saturated heterocycles. The van der Waals surface area contributed by atoms with Crippen LogP contribution in [0.25, 0.3) is 6.08 Å². The Hall–Kier alpha value is -0.640. The first-order valence-electron chi connectivity index (χ1n) is 6.94. The van der Waals surface area contributed by atoms with Gasteiger partial charge in [0.2, 0.25) is 0 Å². The van der Waals surface area contributed by atoms with Crippen LogP contribution in [0.1, 0.15) is 55.1 Å². The normalized spacial score (nSPS) is 19.4. The van der Waals surface area contributed by atoms with Crippen molar-refractivity contribution < 1.29 is 5.11 Å². The molecule has 0 spiro atoms. The van der Waals surface area contributed by atoms with Crippen molar-refractivity contribution in [2.24, 2.45) is 11.7 Å². The standard InChI is InChI=1S/C15H23NOS/c16-9-8-15(17)13-10-14(18-11-13)7-6-12-4-2-1-3-5-12/h6-7,10-12,15,17H,1-5,8-9,16H2. The lowest BCUT2D eigenvalue weighted by Crippen LogP contribution is -2.05. The van der Waals surface area contributed by atoms with Gasteiger partial charge in [-0.25, -0.2) is 0 Å². The SMILES string of the molecule is NCCC(O)c1csc(C=CC2CCCCC2)c1. The fourth-order valence-corrected chi connectivity index (χ4v) is 3.37. The molecule has 3 N–H and O–H groups in total. The van der Waals surface area contributed by atoms with Crippen LogP contribution in [0, 0.1) is 5.92 Å². The molecule has 0 bridgehead atoms. The van der Waals surface area contributed by atoms with Gasteiger partial charge in [-0.05, 0) is 54.8 Å². The van der Waals surface area contributed by atoms with Crippen molar-refractivity contribution >= 4 is 17.4 Å². The van der Waals surface area contributed by atoms with Gasteiger partial charge in [-0.3, -0.25) is 0 Å². The van der Waals surface area contributed by atoms with Crippen LogP contribution in [0.4, 0.5) is 0 Å². The summed E-state index contributed by atoms with van der Waals surface area (Å²) >= 11 is 1.70. The number of allylic oxidation sites excluding steroid dienone is 1. The lowest BCUT2D eigenvalue weighted by Gasteiger charge is -2.17. The first kappa shape index (κ1) is 13.8. The molecule has 1 aliphatic carbocycles. The van der Waals surface area contributed by atoms with Gasteiger partial charge in [0.25, 0.3) is 0 Å². The Morgan fingerprint density at radius 3 is 2.89 bits per heavy atom. The van der Waals surface area contributed by atoms with Crippen molar-refractivity contribution in [3.05, 3.63) is 28.0 Å². The zero-order chi connectivity index (χ0) is 12.8. The summed E-state index contributed by atoms with van der Waals surface area (Å²) in [6.45, 7) is 0.532. The van der Waals surface area contributed by atoms with Crippen LogP contribution in [0.15, 0.2) is 17.5 Å². The second-order valence-electron chi connectivity index (χ2n) is 5.13. The van der Waals surface area contributed by atoms with E-state index in [1.54, 1.807) is 11.3 Å². The summed E-state index contributed by atoms with van der Waals surface area (Å²) in [5.41, 5.74) is 6.47. The van der Waals surface area contributed by atoms with Crippen LogP contribution in [-0.4, -0.2) is 11.7 Å². The van der Waals surface area contributed by atoms with Crippen LogP contribution < -0.4 is 5.73 Å². The largest absolute Gasteiger partial charge is 0.388 e. The van der Waals surface area contributed by atoms with E-state index in [1.807, 2.05) is 5.38 Å². The van der Waals surface area contributed by atoms with Crippen LogP contribution in [0.5, 0.6) is 0 Å². The van der Waals surface area contributed by atoms with E-state index in [9.17, 15) is 5.11 Å². The Kier molecular flexibility index (Phi) is 5.42. The van der Waals surface area contributed by atoms with Gasteiger partial charge in [-0.2, -0.15) is 0 Å². The summed E-state index contributed by atoms with van der Waals surface area (Å²) in [5.74, 6) is 0.762. The number of aliphatic hydroxyl groups is 1. The fraction of sp³-hybridized carbons (Fsp3) is 0.600. The molecule has 0 radical (unpaired) electrons. The summed E-state index contributed by atoms with van der Waals surface area (Å²) in [7, 11) is 0. The lowest BCUT2D eigenvalue weighted by molar-refractivity contribution is 0.171. The highest BCUT2D eigenvalue weighted by Gasteiger charge is 2.11. The molecule has 1 aromatic rings. The quantitative estimate of drug-likeness (QED) is 0.852. The van der Waals surface area contributed by atoms with Crippen molar-refractivity contribution in [3.8, 4) is 0 Å². The van der Waals surface area contributed by atoms with E-state index in [1.165, 1.54) is 37.0 Å². The highest BCUT2D eigenvalue weighted by Crippen LogP contribution is 2.27. The molecule has 1 fully saturated rings. The minimum absolute atomic E-state index is 0.400. The number of nitrogens with two attached hydrogens (primary N) is 1. The van der Waals surface area contributed by atoms with Crippen LogP contribution in [-0.2, 0) is 0 Å². The van der Waals surface area contributed by atoms with Gasteiger partial charge < -0.3 is 10.8 Å². The maximum atomic E-state index is 9.85. The first-order chi connectivity index (χ1) is 8.79. The molecule has 2 nitrogen and oxygen atoms in total. The molecule has 2 rings (SSSR count). The number of thiophene rings is 1. The van der Waals surface area contributed by atoms with E-state index in [0.29, 0.717) is 13.0 Å². The van der Waals surface area contributed by atoms with Crippen LogP contribution in [0.2, 0.25) is 0 Å². The molecule has 100 valence electrons. The molecule has 1 atom stereocenters. The molecular weight excluding hydrogens is 242 g/mol. The number of hydrogen-bond acceptors (Lipinski definition) is 3. The van der Waals surface area contributed by atoms with Gasteiger partial charge in [-0.15, -0.1) is 11.3 Å². The topological polar surface area (TPSA) is 46.2 Å². The number of hydrogen-bond donors (Lipinski definition) is 2. The third-order valence-corrected chi connectivity index (χ3v) is 4.56. The zero-order valence-corrected chi connectivity index (χ0v) is 11.7. The van der Waals surface area contributed by atoms with Gasteiger partial charge in [0.05, 0.1) is 6.10 Å². The van der Waals surface area contributed by atoms with Crippen molar-refractivity contribution in [2.45, 2.75) is 44.6 Å². The van der Waals surface area contributed by atoms with Crippen LogP contribution >= 0.6 is 11.3 Å². The summed E-state index contributed by atoms with van der Waals surface area (Å²) < 4.78 is 0. The Balaban J connectivity index is 1.91. The predicted molar refractivity (Wildman–Crippen MR) is 78.6 cm³/mol. The van der Waals surface area contributed by atoms with Gasteiger partial charge in [0.15, 0.2) is 0 Å². The molecule has 1 aromatic heterocycles. The molecule has 1 heterocycles. The Morgan fingerprint density at radius 1 is 1.39 bits per heavy atom. The Labute approximate surface area is 114 Å². The Bertz CT molecular complexity index is 380. The molecular formula is C15H23NOS. The smallest absolute Gasteiger partial charge is 0.0810 e. The zero-order valence-electron chi connectivity index (χ0n) is 10.8. The fourth-order valence-electron chi connectivity index (χ4n) is 2.51. The van der Waals surface area contributed by atoms with Crippen molar-refractivity contribution in [3.63, 3.8) is 0 Å². The molecule has 0 aliphatic heterocycles. The van der Waals surface area contributed by atoms with E-state index in [-0.39, 0.29) is 0 Å². The van der Waals surface area contributed by atoms with E-state index in [2.05, 4.69) is 18.2 Å². The molecule has 0 amide bonds. The van der Waals surface area contributed by atoms with Crippen molar-refractivity contribution in [2.75, 3.05) is 6.54 Å². The Morgan fingerprint density at radius 2 is 2.17 bits per heavy atom. The average molecular weight is 265 g/mol. The maximum absolute atomic E-state index is 9.85. The summed E-state index contributed by atoms with van der Waals surface area (Å²) in [6.07, 6.45) is 11.6. The molecule has 1 unspecified atom stereocenters. The number of aliphatic hydroxyl groups excluding tert-OH is 1. The lowest BCUT2D eigenvalue weighted by atomic mass is 9.89. The van der Waals surface area contributed by atoms with Gasteiger partial charge in [0, 0.05) is 4.88 Å². The molecule has 1 saturated carbocycles. The monoisotopic (exact) mass is 265 g/mol. The first-order valence-corrected chi connectivity index (χ1v) is 7.82. The minimum Gasteiger partial charge on any atom is -0.388 e. The maximum Gasteiger partial charge on any atom is 0.0810 e. The van der Waals surface area contributed by atoms with E-state index < -0.39 is 6.10 Å². The second-order valence-corrected chi connectivity index (χ2v) is 6.08. The predicted octanol–water partition coefficient (Wildman–Crippen LogP) is 3.72. The third kappa shape index (κ3) is 3.94.